The molecule has 2 atom stereocenters. The van der Waals surface area contributed by atoms with Crippen LogP contribution in [0.1, 0.15) is 55.0 Å². The van der Waals surface area contributed by atoms with Crippen molar-refractivity contribution in [2.75, 3.05) is 0 Å². The van der Waals surface area contributed by atoms with Crippen molar-refractivity contribution in [2.45, 2.75) is 59.0 Å². The number of rotatable bonds is 5. The van der Waals surface area contributed by atoms with Gasteiger partial charge in [0.15, 0.2) is 0 Å². The Morgan fingerprint density at radius 3 is 2.61 bits per heavy atom. The summed E-state index contributed by atoms with van der Waals surface area (Å²) in [5, 5.41) is 3.02. The molecule has 1 aromatic rings. The predicted octanol–water partition coefficient (Wildman–Crippen LogP) is 3.06. The lowest BCUT2D eigenvalue weighted by molar-refractivity contribution is -0.126. The second-order valence-electron chi connectivity index (χ2n) is 5.23. The first kappa shape index (κ1) is 15.2. The van der Waals surface area contributed by atoms with Crippen LogP contribution in [0.3, 0.4) is 0 Å². The first-order valence-corrected chi connectivity index (χ1v) is 7.26. The van der Waals surface area contributed by atoms with Crippen LogP contribution in [0.25, 0.3) is 0 Å². The lowest BCUT2D eigenvalue weighted by Gasteiger charge is -2.25. The minimum Gasteiger partial charge on any atom is -0.348 e. The Labute approximate surface area is 114 Å². The van der Waals surface area contributed by atoms with Crippen molar-refractivity contribution < 1.29 is 4.79 Å². The van der Waals surface area contributed by atoms with E-state index >= 15 is 0 Å². The van der Waals surface area contributed by atoms with Gasteiger partial charge in [-0.05, 0) is 45.7 Å². The van der Waals surface area contributed by atoms with E-state index in [4.69, 9.17) is 5.73 Å². The Balaban J connectivity index is 2.73. The molecule has 1 aromatic heterocycles. The molecule has 0 aliphatic rings. The van der Waals surface area contributed by atoms with E-state index in [0.29, 0.717) is 6.42 Å². The molecule has 0 aromatic carbocycles. The van der Waals surface area contributed by atoms with Crippen molar-refractivity contribution in [1.82, 2.24) is 5.32 Å². The van der Waals surface area contributed by atoms with Gasteiger partial charge in [0.05, 0.1) is 11.6 Å². The van der Waals surface area contributed by atoms with E-state index in [1.54, 1.807) is 18.3 Å². The molecule has 18 heavy (non-hydrogen) atoms. The molecular weight excluding hydrogens is 244 g/mol. The number of amides is 1. The molecule has 1 heterocycles. The van der Waals surface area contributed by atoms with Gasteiger partial charge in [0.1, 0.15) is 0 Å². The molecule has 102 valence electrons. The van der Waals surface area contributed by atoms with Crippen molar-refractivity contribution in [3.8, 4) is 0 Å². The highest BCUT2D eigenvalue weighted by molar-refractivity contribution is 7.12. The Hall–Kier alpha value is -0.870. The molecular formula is C14H24N2OS. The van der Waals surface area contributed by atoms with E-state index in [-0.39, 0.29) is 11.9 Å². The first-order chi connectivity index (χ1) is 8.27. The summed E-state index contributed by atoms with van der Waals surface area (Å²) in [7, 11) is 0. The number of carbonyl (C=O) groups is 1. The lowest BCUT2D eigenvalue weighted by atomic mass is 9.95. The topological polar surface area (TPSA) is 55.1 Å². The summed E-state index contributed by atoms with van der Waals surface area (Å²) in [5.41, 5.74) is 6.45. The Morgan fingerprint density at radius 2 is 2.17 bits per heavy atom. The Kier molecular flexibility index (Phi) is 4.93. The van der Waals surface area contributed by atoms with E-state index in [1.807, 2.05) is 13.8 Å². The van der Waals surface area contributed by atoms with Crippen LogP contribution in [-0.4, -0.2) is 11.4 Å². The molecule has 0 fully saturated rings. The van der Waals surface area contributed by atoms with E-state index < -0.39 is 5.54 Å². The maximum Gasteiger partial charge on any atom is 0.240 e. The average molecular weight is 268 g/mol. The van der Waals surface area contributed by atoms with Gasteiger partial charge in [0.2, 0.25) is 5.91 Å². The maximum absolute atomic E-state index is 12.1. The van der Waals surface area contributed by atoms with Crippen LogP contribution in [0.5, 0.6) is 0 Å². The zero-order valence-electron chi connectivity index (χ0n) is 12.0. The Morgan fingerprint density at radius 1 is 1.56 bits per heavy atom. The monoisotopic (exact) mass is 268 g/mol. The van der Waals surface area contributed by atoms with Gasteiger partial charge in [-0.1, -0.05) is 13.3 Å². The van der Waals surface area contributed by atoms with Crippen LogP contribution in [-0.2, 0) is 4.79 Å². The molecule has 3 N–H and O–H groups in total. The van der Waals surface area contributed by atoms with E-state index in [1.165, 1.54) is 15.3 Å². The fourth-order valence-corrected chi connectivity index (χ4v) is 3.17. The molecule has 1 rings (SSSR count). The molecule has 0 unspecified atom stereocenters. The number of carbonyl (C=O) groups excluding carboxylic acids is 1. The van der Waals surface area contributed by atoms with Gasteiger partial charge in [-0.3, -0.25) is 4.79 Å². The largest absolute Gasteiger partial charge is 0.348 e. The fraction of sp³-hybridized carbons (Fsp3) is 0.643. The van der Waals surface area contributed by atoms with Gasteiger partial charge < -0.3 is 11.1 Å². The minimum atomic E-state index is -0.776. The smallest absolute Gasteiger partial charge is 0.240 e. The van der Waals surface area contributed by atoms with E-state index in [0.717, 1.165) is 6.42 Å². The van der Waals surface area contributed by atoms with Crippen molar-refractivity contribution in [2.24, 2.45) is 5.73 Å². The number of nitrogens with two attached hydrogens (primary N) is 1. The fourth-order valence-electron chi connectivity index (χ4n) is 2.15. The highest BCUT2D eigenvalue weighted by atomic mass is 32.1. The van der Waals surface area contributed by atoms with Crippen molar-refractivity contribution in [3.05, 3.63) is 21.4 Å². The predicted molar refractivity (Wildman–Crippen MR) is 77.9 cm³/mol. The number of nitrogens with one attached hydrogen (secondary N) is 1. The van der Waals surface area contributed by atoms with Gasteiger partial charge in [-0.25, -0.2) is 0 Å². The second kappa shape index (κ2) is 5.85. The summed E-state index contributed by atoms with van der Waals surface area (Å²) in [6, 6.07) is 2.15. The van der Waals surface area contributed by atoms with Crippen LogP contribution >= 0.6 is 11.3 Å². The van der Waals surface area contributed by atoms with Crippen LogP contribution < -0.4 is 11.1 Å². The number of thiophene rings is 1. The quantitative estimate of drug-likeness (QED) is 0.862. The summed E-state index contributed by atoms with van der Waals surface area (Å²) < 4.78 is 0. The number of hydrogen-bond donors (Lipinski definition) is 2. The maximum atomic E-state index is 12.1. The third kappa shape index (κ3) is 3.56. The third-order valence-electron chi connectivity index (χ3n) is 3.18. The first-order valence-electron chi connectivity index (χ1n) is 6.44. The summed E-state index contributed by atoms with van der Waals surface area (Å²) in [6.07, 6.45) is 1.61. The van der Waals surface area contributed by atoms with Gasteiger partial charge in [0.25, 0.3) is 0 Å². The average Bonchev–Trinajstić information content (AvgIpc) is 2.57. The molecule has 0 spiro atoms. The van der Waals surface area contributed by atoms with Crippen LogP contribution in [0, 0.1) is 13.8 Å². The van der Waals surface area contributed by atoms with E-state index in [9.17, 15) is 4.79 Å². The van der Waals surface area contributed by atoms with Crippen molar-refractivity contribution in [1.29, 1.82) is 0 Å². The zero-order chi connectivity index (χ0) is 13.9. The van der Waals surface area contributed by atoms with Crippen molar-refractivity contribution in [3.63, 3.8) is 0 Å². The SMILES string of the molecule is CCC[C@@](C)(N)C(=O)N[C@H](C)c1cc(C)sc1C. The summed E-state index contributed by atoms with van der Waals surface area (Å²) in [4.78, 5) is 14.7. The molecule has 0 radical (unpaired) electrons. The summed E-state index contributed by atoms with van der Waals surface area (Å²) >= 11 is 1.76. The van der Waals surface area contributed by atoms with Crippen LogP contribution in [0.4, 0.5) is 0 Å². The molecule has 0 saturated heterocycles. The Bertz CT molecular complexity index is 423. The summed E-state index contributed by atoms with van der Waals surface area (Å²) in [5.74, 6) is -0.0693. The molecule has 3 nitrogen and oxygen atoms in total. The van der Waals surface area contributed by atoms with Gasteiger partial charge in [0, 0.05) is 9.75 Å². The molecule has 0 aliphatic heterocycles. The zero-order valence-corrected chi connectivity index (χ0v) is 12.8. The molecule has 0 bridgehead atoms. The molecule has 1 amide bonds. The van der Waals surface area contributed by atoms with Crippen molar-refractivity contribution >= 4 is 17.2 Å². The number of aryl methyl sites for hydroxylation is 2. The van der Waals surface area contributed by atoms with E-state index in [2.05, 4.69) is 25.2 Å². The third-order valence-corrected chi connectivity index (χ3v) is 4.16. The normalized spacial score (nSPS) is 16.1. The van der Waals surface area contributed by atoms with Gasteiger partial charge in [-0.15, -0.1) is 11.3 Å². The molecule has 0 aliphatic carbocycles. The van der Waals surface area contributed by atoms with Gasteiger partial charge in [-0.2, -0.15) is 0 Å². The van der Waals surface area contributed by atoms with Crippen LogP contribution in [0.2, 0.25) is 0 Å². The van der Waals surface area contributed by atoms with Gasteiger partial charge >= 0.3 is 0 Å². The minimum absolute atomic E-state index is 0.0159. The highest BCUT2D eigenvalue weighted by Crippen LogP contribution is 2.26. The summed E-state index contributed by atoms with van der Waals surface area (Å²) in [6.45, 7) is 10.0. The second-order valence-corrected chi connectivity index (χ2v) is 6.69. The standard InChI is InChI=1S/C14H24N2OS/c1-6-7-14(5,15)13(17)16-10(3)12-8-9(2)18-11(12)4/h8,10H,6-7,15H2,1-5H3,(H,16,17)/t10-,14-/m1/s1. The van der Waals surface area contributed by atoms with Crippen LogP contribution in [0.15, 0.2) is 6.07 Å². The lowest BCUT2D eigenvalue weighted by Crippen LogP contribution is -2.52. The highest BCUT2D eigenvalue weighted by Gasteiger charge is 2.28. The molecule has 4 heteroatoms. The number of hydrogen-bond acceptors (Lipinski definition) is 3. The molecule has 0 saturated carbocycles.